The van der Waals surface area contributed by atoms with E-state index >= 15 is 0 Å². The number of rotatable bonds is 3. The van der Waals surface area contributed by atoms with Gasteiger partial charge in [-0.1, -0.05) is 38.3 Å². The van der Waals surface area contributed by atoms with E-state index in [0.29, 0.717) is 11.5 Å². The van der Waals surface area contributed by atoms with E-state index in [2.05, 4.69) is 18.4 Å². The molecule has 0 N–H and O–H groups in total. The summed E-state index contributed by atoms with van der Waals surface area (Å²) < 4.78 is 0. The average Bonchev–Trinajstić information content (AvgIpc) is 3.05. The molecule has 2 aromatic rings. The number of aromatic nitrogens is 1. The summed E-state index contributed by atoms with van der Waals surface area (Å²) in [6.45, 7) is 2.30. The molecule has 0 amide bonds. The van der Waals surface area contributed by atoms with E-state index in [4.69, 9.17) is 10.2 Å². The Labute approximate surface area is 130 Å². The minimum atomic E-state index is 0.640. The van der Waals surface area contributed by atoms with Crippen LogP contribution in [0.3, 0.4) is 0 Å². The van der Waals surface area contributed by atoms with Crippen molar-refractivity contribution >= 4 is 11.3 Å². The molecule has 1 aliphatic carbocycles. The summed E-state index contributed by atoms with van der Waals surface area (Å²) in [5, 5.41) is 12.4. The van der Waals surface area contributed by atoms with Crippen molar-refractivity contribution in [2.45, 2.75) is 44.9 Å². The third-order valence-electron chi connectivity index (χ3n) is 4.52. The van der Waals surface area contributed by atoms with Gasteiger partial charge in [0.05, 0.1) is 22.3 Å². The SMILES string of the molecule is CCC1CCCC(c2nc(-c3cccc(C#N)c3)cs2)C1. The first-order valence-electron chi connectivity index (χ1n) is 7.76. The van der Waals surface area contributed by atoms with Gasteiger partial charge in [0, 0.05) is 16.9 Å². The zero-order valence-electron chi connectivity index (χ0n) is 12.4. The minimum absolute atomic E-state index is 0.640. The second-order valence-electron chi connectivity index (χ2n) is 5.90. The molecule has 2 unspecified atom stereocenters. The lowest BCUT2D eigenvalue weighted by Gasteiger charge is -2.26. The molecule has 1 aromatic heterocycles. The summed E-state index contributed by atoms with van der Waals surface area (Å²) in [4.78, 5) is 4.86. The Bertz CT molecular complexity index is 653. The number of nitriles is 1. The van der Waals surface area contributed by atoms with Gasteiger partial charge in [-0.3, -0.25) is 0 Å². The largest absolute Gasteiger partial charge is 0.241 e. The fraction of sp³-hybridized carbons (Fsp3) is 0.444. The quantitative estimate of drug-likeness (QED) is 0.764. The maximum absolute atomic E-state index is 9.01. The standard InChI is InChI=1S/C18H20N2S/c1-2-13-5-3-8-16(9-13)18-20-17(12-21-18)15-7-4-6-14(10-15)11-19/h4,6-7,10,12-13,16H,2-3,5,8-9H2,1H3. The van der Waals surface area contributed by atoms with Crippen molar-refractivity contribution in [2.75, 3.05) is 0 Å². The molecule has 2 atom stereocenters. The van der Waals surface area contributed by atoms with Gasteiger partial charge in [-0.05, 0) is 30.9 Å². The van der Waals surface area contributed by atoms with E-state index in [1.807, 2.05) is 24.3 Å². The smallest absolute Gasteiger partial charge is 0.0991 e. The van der Waals surface area contributed by atoms with Gasteiger partial charge in [-0.25, -0.2) is 4.98 Å². The molecule has 21 heavy (non-hydrogen) atoms. The van der Waals surface area contributed by atoms with Gasteiger partial charge < -0.3 is 0 Å². The van der Waals surface area contributed by atoms with Gasteiger partial charge >= 0.3 is 0 Å². The molecule has 1 heterocycles. The summed E-state index contributed by atoms with van der Waals surface area (Å²) >= 11 is 1.78. The normalized spacial score (nSPS) is 21.9. The van der Waals surface area contributed by atoms with Gasteiger partial charge in [0.1, 0.15) is 0 Å². The van der Waals surface area contributed by atoms with Crippen LogP contribution in [0.15, 0.2) is 29.6 Å². The van der Waals surface area contributed by atoms with Crippen LogP contribution in [-0.2, 0) is 0 Å². The van der Waals surface area contributed by atoms with E-state index in [1.165, 1.54) is 37.1 Å². The molecule has 2 nitrogen and oxygen atoms in total. The molecular weight excluding hydrogens is 276 g/mol. The van der Waals surface area contributed by atoms with Crippen molar-refractivity contribution < 1.29 is 0 Å². The van der Waals surface area contributed by atoms with E-state index in [1.54, 1.807) is 11.3 Å². The summed E-state index contributed by atoms with van der Waals surface area (Å²) in [6, 6.07) is 9.93. The third-order valence-corrected chi connectivity index (χ3v) is 5.53. The third kappa shape index (κ3) is 3.16. The van der Waals surface area contributed by atoms with Crippen molar-refractivity contribution in [3.63, 3.8) is 0 Å². The average molecular weight is 296 g/mol. The van der Waals surface area contributed by atoms with Crippen LogP contribution in [-0.4, -0.2) is 4.98 Å². The van der Waals surface area contributed by atoms with Crippen LogP contribution in [0.5, 0.6) is 0 Å². The Kier molecular flexibility index (Phi) is 4.36. The van der Waals surface area contributed by atoms with Crippen molar-refractivity contribution in [2.24, 2.45) is 5.92 Å². The number of benzene rings is 1. The van der Waals surface area contributed by atoms with Gasteiger partial charge in [-0.15, -0.1) is 11.3 Å². The van der Waals surface area contributed by atoms with Crippen molar-refractivity contribution in [1.82, 2.24) is 4.98 Å². The zero-order chi connectivity index (χ0) is 14.7. The lowest BCUT2D eigenvalue weighted by Crippen LogP contribution is -2.13. The molecule has 1 aromatic carbocycles. The highest BCUT2D eigenvalue weighted by atomic mass is 32.1. The topological polar surface area (TPSA) is 36.7 Å². The van der Waals surface area contributed by atoms with Crippen LogP contribution in [0.1, 0.15) is 55.5 Å². The van der Waals surface area contributed by atoms with E-state index in [9.17, 15) is 0 Å². The van der Waals surface area contributed by atoms with Crippen LogP contribution < -0.4 is 0 Å². The minimum Gasteiger partial charge on any atom is -0.241 e. The van der Waals surface area contributed by atoms with Crippen LogP contribution >= 0.6 is 11.3 Å². The predicted octanol–water partition coefficient (Wildman–Crippen LogP) is 5.37. The van der Waals surface area contributed by atoms with Crippen LogP contribution in [0.25, 0.3) is 11.3 Å². The van der Waals surface area contributed by atoms with Crippen LogP contribution in [0.2, 0.25) is 0 Å². The lowest BCUT2D eigenvalue weighted by molar-refractivity contribution is 0.314. The second-order valence-corrected chi connectivity index (χ2v) is 6.79. The van der Waals surface area contributed by atoms with Crippen molar-refractivity contribution in [3.8, 4) is 17.3 Å². The Hall–Kier alpha value is -1.66. The molecule has 3 heteroatoms. The van der Waals surface area contributed by atoms with Gasteiger partial charge in [0.2, 0.25) is 0 Å². The van der Waals surface area contributed by atoms with Crippen molar-refractivity contribution in [1.29, 1.82) is 5.26 Å². The van der Waals surface area contributed by atoms with Gasteiger partial charge in [-0.2, -0.15) is 5.26 Å². The molecule has 1 saturated carbocycles. The monoisotopic (exact) mass is 296 g/mol. The fourth-order valence-electron chi connectivity index (χ4n) is 3.24. The van der Waals surface area contributed by atoms with E-state index in [0.717, 1.165) is 17.2 Å². The Morgan fingerprint density at radius 1 is 1.38 bits per heavy atom. The molecule has 108 valence electrons. The molecule has 0 spiro atoms. The summed E-state index contributed by atoms with van der Waals surface area (Å²) in [5.74, 6) is 1.51. The molecule has 0 aliphatic heterocycles. The summed E-state index contributed by atoms with van der Waals surface area (Å²) in [7, 11) is 0. The lowest BCUT2D eigenvalue weighted by atomic mass is 9.80. The molecule has 1 fully saturated rings. The number of hydrogen-bond donors (Lipinski definition) is 0. The van der Waals surface area contributed by atoms with Crippen LogP contribution in [0, 0.1) is 17.2 Å². The zero-order valence-corrected chi connectivity index (χ0v) is 13.2. The predicted molar refractivity (Wildman–Crippen MR) is 87.3 cm³/mol. The van der Waals surface area contributed by atoms with Gasteiger partial charge in [0.25, 0.3) is 0 Å². The van der Waals surface area contributed by atoms with E-state index < -0.39 is 0 Å². The molecular formula is C18H20N2S. The first kappa shape index (κ1) is 14.3. The molecule has 1 aliphatic rings. The Balaban J connectivity index is 1.81. The van der Waals surface area contributed by atoms with Gasteiger partial charge in [0.15, 0.2) is 0 Å². The molecule has 0 saturated heterocycles. The van der Waals surface area contributed by atoms with Crippen LogP contribution in [0.4, 0.5) is 0 Å². The molecule has 3 rings (SSSR count). The maximum atomic E-state index is 9.01. The number of nitrogens with zero attached hydrogens (tertiary/aromatic N) is 2. The fourth-order valence-corrected chi connectivity index (χ4v) is 4.22. The Morgan fingerprint density at radius 3 is 3.10 bits per heavy atom. The highest BCUT2D eigenvalue weighted by Gasteiger charge is 2.24. The van der Waals surface area contributed by atoms with E-state index in [-0.39, 0.29) is 0 Å². The van der Waals surface area contributed by atoms with Crippen molar-refractivity contribution in [3.05, 3.63) is 40.2 Å². The molecule has 0 bridgehead atoms. The highest BCUT2D eigenvalue weighted by molar-refractivity contribution is 7.10. The second kappa shape index (κ2) is 6.41. The number of thiazole rings is 1. The Morgan fingerprint density at radius 2 is 2.29 bits per heavy atom. The first-order valence-corrected chi connectivity index (χ1v) is 8.64. The summed E-state index contributed by atoms with van der Waals surface area (Å²) in [6.07, 6.45) is 6.58. The summed E-state index contributed by atoms with van der Waals surface area (Å²) in [5.41, 5.74) is 2.77. The molecule has 0 radical (unpaired) electrons. The first-order chi connectivity index (χ1) is 10.3. The number of hydrogen-bond acceptors (Lipinski definition) is 3. The maximum Gasteiger partial charge on any atom is 0.0991 e. The highest BCUT2D eigenvalue weighted by Crippen LogP contribution is 2.39.